The lowest BCUT2D eigenvalue weighted by atomic mass is 10.3. The molecule has 0 atom stereocenters. The molecular weight excluding hydrogens is 324 g/mol. The number of sulfonamides is 1. The van der Waals surface area contributed by atoms with E-state index in [-0.39, 0.29) is 15.6 Å². The first-order valence-electron chi connectivity index (χ1n) is 5.64. The number of nitrogens with one attached hydrogen (secondary N) is 2. The maximum Gasteiger partial charge on any atom is 0.263 e. The Labute approximate surface area is 125 Å². The van der Waals surface area contributed by atoms with Gasteiger partial charge in [0, 0.05) is 19.3 Å². The number of pyridine rings is 1. The number of nitrogens with zero attached hydrogens (tertiary/aromatic N) is 1. The topological polar surface area (TPSA) is 71.1 Å². The molecule has 1 aromatic carbocycles. The Balaban J connectivity index is 2.36. The van der Waals surface area contributed by atoms with E-state index in [1.165, 1.54) is 6.07 Å². The summed E-state index contributed by atoms with van der Waals surface area (Å²) in [7, 11) is -2.51. The fourth-order valence-electron chi connectivity index (χ4n) is 1.53. The molecule has 1 heterocycles. The summed E-state index contributed by atoms with van der Waals surface area (Å²) in [4.78, 5) is 3.58. The summed E-state index contributed by atoms with van der Waals surface area (Å²) < 4.78 is 52.5. The van der Waals surface area contributed by atoms with Gasteiger partial charge >= 0.3 is 0 Å². The molecule has 0 amide bonds. The normalized spacial score (nSPS) is 11.2. The third-order valence-corrected chi connectivity index (χ3v) is 4.16. The second-order valence-corrected chi connectivity index (χ2v) is 6.07. The van der Waals surface area contributed by atoms with Gasteiger partial charge in [-0.1, -0.05) is 11.6 Å². The average molecular weight is 334 g/mol. The lowest BCUT2D eigenvalue weighted by Crippen LogP contribution is -2.14. The molecule has 2 aromatic rings. The summed E-state index contributed by atoms with van der Waals surface area (Å²) >= 11 is 5.85. The predicted molar refractivity (Wildman–Crippen MR) is 76.0 cm³/mol. The largest absolute Gasteiger partial charge is 0.372 e. The Morgan fingerprint density at radius 3 is 2.52 bits per heavy atom. The smallest absolute Gasteiger partial charge is 0.263 e. The van der Waals surface area contributed by atoms with Gasteiger partial charge in [-0.25, -0.2) is 22.2 Å². The van der Waals surface area contributed by atoms with Gasteiger partial charge < -0.3 is 5.32 Å². The Hall–Kier alpha value is -1.93. The maximum absolute atomic E-state index is 13.5. The first-order chi connectivity index (χ1) is 9.83. The third-order valence-electron chi connectivity index (χ3n) is 2.54. The van der Waals surface area contributed by atoms with Crippen LogP contribution in [-0.4, -0.2) is 20.4 Å². The molecule has 2 rings (SSSR count). The van der Waals surface area contributed by atoms with Crippen molar-refractivity contribution in [2.24, 2.45) is 0 Å². The van der Waals surface area contributed by atoms with E-state index in [2.05, 4.69) is 10.3 Å². The Kier molecular flexibility index (Phi) is 4.29. The number of halogens is 3. The van der Waals surface area contributed by atoms with Crippen molar-refractivity contribution in [2.45, 2.75) is 4.90 Å². The SMILES string of the molecule is CNc1ncc(S(=O)(=O)Nc2ccc(F)cc2F)cc1Cl. The molecule has 0 saturated carbocycles. The van der Waals surface area contributed by atoms with Crippen molar-refractivity contribution in [3.63, 3.8) is 0 Å². The molecule has 21 heavy (non-hydrogen) atoms. The van der Waals surface area contributed by atoms with Crippen LogP contribution in [0.5, 0.6) is 0 Å². The van der Waals surface area contributed by atoms with E-state index in [0.717, 1.165) is 18.3 Å². The third kappa shape index (κ3) is 3.40. The van der Waals surface area contributed by atoms with E-state index in [0.29, 0.717) is 11.9 Å². The lowest BCUT2D eigenvalue weighted by molar-refractivity contribution is 0.582. The molecule has 1 aromatic heterocycles. The first kappa shape index (κ1) is 15.5. The van der Waals surface area contributed by atoms with Crippen molar-refractivity contribution >= 4 is 33.1 Å². The number of anilines is 2. The Morgan fingerprint density at radius 2 is 1.95 bits per heavy atom. The number of benzene rings is 1. The van der Waals surface area contributed by atoms with Crippen LogP contribution >= 0.6 is 11.6 Å². The molecule has 0 unspecified atom stereocenters. The van der Waals surface area contributed by atoms with Crippen molar-refractivity contribution < 1.29 is 17.2 Å². The van der Waals surface area contributed by atoms with Gasteiger partial charge in [-0.15, -0.1) is 0 Å². The highest BCUT2D eigenvalue weighted by Crippen LogP contribution is 2.24. The predicted octanol–water partition coefficient (Wildman–Crippen LogP) is 2.86. The molecule has 0 aliphatic rings. The van der Waals surface area contributed by atoms with Gasteiger partial charge in [-0.2, -0.15) is 0 Å². The van der Waals surface area contributed by atoms with Crippen molar-refractivity contribution in [2.75, 3.05) is 17.1 Å². The zero-order valence-corrected chi connectivity index (χ0v) is 12.3. The summed E-state index contributed by atoms with van der Waals surface area (Å²) in [6.07, 6.45) is 1.07. The van der Waals surface area contributed by atoms with Crippen LogP contribution in [0.1, 0.15) is 0 Å². The fraction of sp³-hybridized carbons (Fsp3) is 0.0833. The van der Waals surface area contributed by atoms with Crippen molar-refractivity contribution in [3.8, 4) is 0 Å². The highest BCUT2D eigenvalue weighted by Gasteiger charge is 2.18. The maximum atomic E-state index is 13.5. The van der Waals surface area contributed by atoms with Crippen LogP contribution in [0.2, 0.25) is 5.02 Å². The Morgan fingerprint density at radius 1 is 1.24 bits per heavy atom. The molecular formula is C12H10ClF2N3O2S. The summed E-state index contributed by atoms with van der Waals surface area (Å²) in [5, 5.41) is 2.78. The standard InChI is InChI=1S/C12H10ClF2N3O2S/c1-16-12-9(13)5-8(6-17-12)21(19,20)18-11-3-2-7(14)4-10(11)15/h2-6,18H,1H3,(H,16,17). The molecule has 5 nitrogen and oxygen atoms in total. The van der Waals surface area contributed by atoms with Crippen molar-refractivity contribution in [1.29, 1.82) is 0 Å². The second kappa shape index (κ2) is 5.82. The summed E-state index contributed by atoms with van der Waals surface area (Å²) in [6.45, 7) is 0. The van der Waals surface area contributed by atoms with Gasteiger partial charge in [-0.05, 0) is 18.2 Å². The van der Waals surface area contributed by atoms with Gasteiger partial charge in [-0.3, -0.25) is 4.72 Å². The quantitative estimate of drug-likeness (QED) is 0.902. The number of aromatic nitrogens is 1. The molecule has 0 spiro atoms. The van der Waals surface area contributed by atoms with E-state index >= 15 is 0 Å². The van der Waals surface area contributed by atoms with E-state index < -0.39 is 21.7 Å². The van der Waals surface area contributed by atoms with Crippen molar-refractivity contribution in [3.05, 3.63) is 47.1 Å². The van der Waals surface area contributed by atoms with E-state index in [4.69, 9.17) is 11.6 Å². The highest BCUT2D eigenvalue weighted by molar-refractivity contribution is 7.92. The monoisotopic (exact) mass is 333 g/mol. The molecule has 0 saturated heterocycles. The fourth-order valence-corrected chi connectivity index (χ4v) is 2.89. The van der Waals surface area contributed by atoms with Gasteiger partial charge in [0.05, 0.1) is 10.7 Å². The molecule has 0 fully saturated rings. The van der Waals surface area contributed by atoms with Crippen LogP contribution in [-0.2, 0) is 10.0 Å². The minimum absolute atomic E-state index is 0.0972. The van der Waals surface area contributed by atoms with Crippen molar-refractivity contribution in [1.82, 2.24) is 4.98 Å². The number of hydrogen-bond donors (Lipinski definition) is 2. The van der Waals surface area contributed by atoms with Gasteiger partial charge in [0.15, 0.2) is 0 Å². The summed E-state index contributed by atoms with van der Waals surface area (Å²) in [5.74, 6) is -1.52. The van der Waals surface area contributed by atoms with E-state index in [1.807, 2.05) is 4.72 Å². The minimum Gasteiger partial charge on any atom is -0.372 e. The summed E-state index contributed by atoms with van der Waals surface area (Å²) in [6, 6.07) is 3.67. The van der Waals surface area contributed by atoms with Gasteiger partial charge in [0.25, 0.3) is 10.0 Å². The molecule has 2 N–H and O–H groups in total. The molecule has 112 valence electrons. The molecule has 0 radical (unpaired) electrons. The summed E-state index contributed by atoms with van der Waals surface area (Å²) in [5.41, 5.74) is -0.370. The molecule has 0 aliphatic carbocycles. The van der Waals surface area contributed by atoms with Crippen LogP contribution in [0.25, 0.3) is 0 Å². The highest BCUT2D eigenvalue weighted by atomic mass is 35.5. The molecule has 0 bridgehead atoms. The van der Waals surface area contributed by atoms with Crippen LogP contribution < -0.4 is 10.0 Å². The van der Waals surface area contributed by atoms with Crippen LogP contribution in [0.4, 0.5) is 20.3 Å². The molecule has 9 heteroatoms. The lowest BCUT2D eigenvalue weighted by Gasteiger charge is -2.10. The zero-order chi connectivity index (χ0) is 15.6. The zero-order valence-electron chi connectivity index (χ0n) is 10.7. The minimum atomic E-state index is -4.08. The van der Waals surface area contributed by atoms with Gasteiger partial charge in [0.1, 0.15) is 22.3 Å². The van der Waals surface area contributed by atoms with E-state index in [9.17, 15) is 17.2 Å². The van der Waals surface area contributed by atoms with Crippen LogP contribution in [0, 0.1) is 11.6 Å². The van der Waals surface area contributed by atoms with Gasteiger partial charge in [0.2, 0.25) is 0 Å². The van der Waals surface area contributed by atoms with E-state index in [1.54, 1.807) is 7.05 Å². The number of hydrogen-bond acceptors (Lipinski definition) is 4. The second-order valence-electron chi connectivity index (χ2n) is 3.98. The number of rotatable bonds is 4. The van der Waals surface area contributed by atoms with Crippen LogP contribution in [0.15, 0.2) is 35.4 Å². The Bertz CT molecular complexity index is 784. The first-order valence-corrected chi connectivity index (χ1v) is 7.51. The molecule has 0 aliphatic heterocycles. The van der Waals surface area contributed by atoms with Crippen LogP contribution in [0.3, 0.4) is 0 Å². The average Bonchev–Trinajstić information content (AvgIpc) is 2.42.